The lowest BCUT2D eigenvalue weighted by molar-refractivity contribution is -0.134. The highest BCUT2D eigenvalue weighted by molar-refractivity contribution is 5.95. The maximum absolute atomic E-state index is 13.0. The van der Waals surface area contributed by atoms with Gasteiger partial charge >= 0.3 is 5.97 Å². The highest BCUT2D eigenvalue weighted by Gasteiger charge is 2.26. The predicted molar refractivity (Wildman–Crippen MR) is 141 cm³/mol. The maximum atomic E-state index is 13.0. The molecule has 2 amide bonds. The SMILES string of the molecule is CC1CCN(C(=O)CN2CCN(C(=O)c3ccc(OC(=O)c4ccc(N=C(N)N)cc4)cc3)CC2)CC1. The number of amides is 2. The molecule has 0 unspecified atom stereocenters. The molecule has 4 N–H and O–H groups in total. The number of nitrogens with two attached hydrogens (primary N) is 2. The van der Waals surface area contributed by atoms with Crippen molar-refractivity contribution in [1.29, 1.82) is 0 Å². The third kappa shape index (κ3) is 7.07. The fraction of sp³-hybridized carbons (Fsp3) is 0.407. The number of hydrogen-bond acceptors (Lipinski definition) is 6. The van der Waals surface area contributed by atoms with Gasteiger partial charge in [0, 0.05) is 44.8 Å². The number of ether oxygens (including phenoxy) is 1. The van der Waals surface area contributed by atoms with Crippen molar-refractivity contribution >= 4 is 29.4 Å². The molecular formula is C27H34N6O4. The minimum atomic E-state index is -0.528. The monoisotopic (exact) mass is 506 g/mol. The summed E-state index contributed by atoms with van der Waals surface area (Å²) in [6.45, 7) is 6.79. The summed E-state index contributed by atoms with van der Waals surface area (Å²) in [5, 5.41) is 0. The first-order valence-electron chi connectivity index (χ1n) is 12.6. The second-order valence-corrected chi connectivity index (χ2v) is 9.63. The van der Waals surface area contributed by atoms with Gasteiger partial charge in [0.1, 0.15) is 5.75 Å². The molecule has 0 spiro atoms. The molecule has 2 fully saturated rings. The Labute approximate surface area is 216 Å². The zero-order valence-electron chi connectivity index (χ0n) is 21.1. The number of carbonyl (C=O) groups is 3. The zero-order valence-corrected chi connectivity index (χ0v) is 21.1. The van der Waals surface area contributed by atoms with Crippen molar-refractivity contribution < 1.29 is 19.1 Å². The van der Waals surface area contributed by atoms with Gasteiger partial charge in [-0.3, -0.25) is 14.5 Å². The molecule has 10 nitrogen and oxygen atoms in total. The summed E-state index contributed by atoms with van der Waals surface area (Å²) in [7, 11) is 0. The highest BCUT2D eigenvalue weighted by Crippen LogP contribution is 2.19. The molecule has 10 heteroatoms. The third-order valence-corrected chi connectivity index (χ3v) is 6.83. The number of aliphatic imine (C=N–C) groups is 1. The minimum Gasteiger partial charge on any atom is -0.423 e. The lowest BCUT2D eigenvalue weighted by Gasteiger charge is -2.36. The van der Waals surface area contributed by atoms with E-state index < -0.39 is 5.97 Å². The van der Waals surface area contributed by atoms with E-state index in [1.54, 1.807) is 53.4 Å². The first-order valence-corrected chi connectivity index (χ1v) is 12.6. The molecule has 4 rings (SSSR count). The van der Waals surface area contributed by atoms with Gasteiger partial charge in [0.15, 0.2) is 5.96 Å². The summed E-state index contributed by atoms with van der Waals surface area (Å²) >= 11 is 0. The Morgan fingerprint density at radius 1 is 0.838 bits per heavy atom. The molecule has 2 aromatic rings. The quantitative estimate of drug-likeness (QED) is 0.264. The third-order valence-electron chi connectivity index (χ3n) is 6.83. The maximum Gasteiger partial charge on any atom is 0.343 e. The van der Waals surface area contributed by atoms with Gasteiger partial charge in [-0.2, -0.15) is 0 Å². The van der Waals surface area contributed by atoms with Crippen LogP contribution < -0.4 is 16.2 Å². The van der Waals surface area contributed by atoms with E-state index in [1.165, 1.54) is 0 Å². The highest BCUT2D eigenvalue weighted by atomic mass is 16.5. The summed E-state index contributed by atoms with van der Waals surface area (Å²) in [4.78, 5) is 47.8. The molecule has 196 valence electrons. The second kappa shape index (κ2) is 11.9. The molecule has 0 bridgehead atoms. The smallest absolute Gasteiger partial charge is 0.343 e. The van der Waals surface area contributed by atoms with Crippen molar-refractivity contribution in [2.45, 2.75) is 19.8 Å². The van der Waals surface area contributed by atoms with Gasteiger partial charge in [0.05, 0.1) is 17.8 Å². The van der Waals surface area contributed by atoms with Crippen LogP contribution in [0.25, 0.3) is 0 Å². The number of esters is 1. The van der Waals surface area contributed by atoms with Gasteiger partial charge in [-0.05, 0) is 67.3 Å². The molecule has 0 atom stereocenters. The molecule has 0 saturated carbocycles. The number of benzene rings is 2. The molecular weight excluding hydrogens is 472 g/mol. The Morgan fingerprint density at radius 2 is 1.43 bits per heavy atom. The zero-order chi connectivity index (χ0) is 26.4. The first kappa shape index (κ1) is 26.2. The van der Waals surface area contributed by atoms with Crippen molar-refractivity contribution in [3.63, 3.8) is 0 Å². The van der Waals surface area contributed by atoms with E-state index in [4.69, 9.17) is 16.2 Å². The fourth-order valence-corrected chi connectivity index (χ4v) is 4.49. The Hall–Kier alpha value is -3.92. The van der Waals surface area contributed by atoms with Gasteiger partial charge in [-0.25, -0.2) is 9.79 Å². The fourth-order valence-electron chi connectivity index (χ4n) is 4.49. The van der Waals surface area contributed by atoms with Crippen LogP contribution in [0.4, 0.5) is 5.69 Å². The van der Waals surface area contributed by atoms with Crippen LogP contribution >= 0.6 is 0 Å². The molecule has 2 heterocycles. The average Bonchev–Trinajstić information content (AvgIpc) is 2.89. The summed E-state index contributed by atoms with van der Waals surface area (Å²) in [5.74, 6) is 0.538. The summed E-state index contributed by atoms with van der Waals surface area (Å²) in [6.07, 6.45) is 2.14. The Bertz CT molecular complexity index is 1130. The average molecular weight is 507 g/mol. The van der Waals surface area contributed by atoms with Crippen LogP contribution in [0.15, 0.2) is 53.5 Å². The van der Waals surface area contributed by atoms with Crippen molar-refractivity contribution in [3.05, 3.63) is 59.7 Å². The number of carbonyl (C=O) groups excluding carboxylic acids is 3. The minimum absolute atomic E-state index is 0.0653. The molecule has 0 aromatic heterocycles. The Balaban J connectivity index is 1.25. The lowest BCUT2D eigenvalue weighted by Crippen LogP contribution is -2.52. The van der Waals surface area contributed by atoms with E-state index in [1.807, 2.05) is 4.90 Å². The molecule has 0 radical (unpaired) electrons. The standard InChI is InChI=1S/C27H34N6O4/c1-19-10-12-32(13-11-19)24(34)18-31-14-16-33(17-15-31)25(35)20-4-8-23(9-5-20)37-26(36)21-2-6-22(7-3-21)30-27(28)29/h2-9,19H,10-18H2,1H3,(H4,28,29,30). The normalized spacial score (nSPS) is 16.8. The van der Waals surface area contributed by atoms with Gasteiger partial charge in [0.25, 0.3) is 5.91 Å². The molecule has 0 aliphatic carbocycles. The Kier molecular flexibility index (Phi) is 8.39. The van der Waals surface area contributed by atoms with E-state index in [0.717, 1.165) is 25.9 Å². The number of hydrogen-bond donors (Lipinski definition) is 2. The first-order chi connectivity index (χ1) is 17.8. The van der Waals surface area contributed by atoms with Crippen LogP contribution in [0.1, 0.15) is 40.5 Å². The van der Waals surface area contributed by atoms with E-state index in [-0.39, 0.29) is 17.8 Å². The Morgan fingerprint density at radius 3 is 2.03 bits per heavy atom. The lowest BCUT2D eigenvalue weighted by atomic mass is 9.99. The van der Waals surface area contributed by atoms with E-state index in [2.05, 4.69) is 16.8 Å². The van der Waals surface area contributed by atoms with E-state index >= 15 is 0 Å². The van der Waals surface area contributed by atoms with Gasteiger partial charge < -0.3 is 26.0 Å². The molecule has 2 aliphatic heterocycles. The number of piperazine rings is 1. The van der Waals surface area contributed by atoms with Gasteiger partial charge in [-0.15, -0.1) is 0 Å². The van der Waals surface area contributed by atoms with Crippen LogP contribution in [0, 0.1) is 5.92 Å². The van der Waals surface area contributed by atoms with Crippen LogP contribution in [0.5, 0.6) is 5.75 Å². The number of piperidine rings is 1. The number of rotatable bonds is 6. The van der Waals surface area contributed by atoms with E-state index in [9.17, 15) is 14.4 Å². The van der Waals surface area contributed by atoms with Crippen molar-refractivity contribution in [2.24, 2.45) is 22.4 Å². The van der Waals surface area contributed by atoms with Crippen LogP contribution in [-0.2, 0) is 4.79 Å². The molecule has 2 aromatic carbocycles. The van der Waals surface area contributed by atoms with Crippen LogP contribution in [0.2, 0.25) is 0 Å². The summed E-state index contributed by atoms with van der Waals surface area (Å²) in [6, 6.07) is 12.9. The van der Waals surface area contributed by atoms with Gasteiger partial charge in [0.2, 0.25) is 5.91 Å². The predicted octanol–water partition coefficient (Wildman–Crippen LogP) is 1.83. The molecule has 2 aliphatic rings. The number of guanidine groups is 1. The number of likely N-dealkylation sites (tertiary alicyclic amines) is 1. The van der Waals surface area contributed by atoms with Crippen LogP contribution in [-0.4, -0.2) is 84.3 Å². The summed E-state index contributed by atoms with van der Waals surface area (Å²) in [5.41, 5.74) is 12.1. The topological polar surface area (TPSA) is 135 Å². The van der Waals surface area contributed by atoms with E-state index in [0.29, 0.717) is 61.2 Å². The number of nitrogens with zero attached hydrogens (tertiary/aromatic N) is 4. The summed E-state index contributed by atoms with van der Waals surface area (Å²) < 4.78 is 5.42. The van der Waals surface area contributed by atoms with Crippen molar-refractivity contribution in [2.75, 3.05) is 45.8 Å². The largest absolute Gasteiger partial charge is 0.423 e. The van der Waals surface area contributed by atoms with Crippen LogP contribution in [0.3, 0.4) is 0 Å². The van der Waals surface area contributed by atoms with Gasteiger partial charge in [-0.1, -0.05) is 6.92 Å². The van der Waals surface area contributed by atoms with Crippen molar-refractivity contribution in [1.82, 2.24) is 14.7 Å². The van der Waals surface area contributed by atoms with Crippen molar-refractivity contribution in [3.8, 4) is 5.75 Å². The second-order valence-electron chi connectivity index (χ2n) is 9.63. The molecule has 2 saturated heterocycles. The molecule has 37 heavy (non-hydrogen) atoms.